The second-order valence-electron chi connectivity index (χ2n) is 6.12. The summed E-state index contributed by atoms with van der Waals surface area (Å²) in [6, 6.07) is 4.22. The van der Waals surface area contributed by atoms with Crippen LogP contribution in [0.3, 0.4) is 0 Å². The molecule has 1 aliphatic carbocycles. The van der Waals surface area contributed by atoms with Gasteiger partial charge in [0.05, 0.1) is 0 Å². The molecule has 3 rings (SSSR count). The molecule has 0 radical (unpaired) electrons. The molecule has 1 aromatic heterocycles. The fourth-order valence-corrected chi connectivity index (χ4v) is 2.84. The number of hydrazine groups is 1. The summed E-state index contributed by atoms with van der Waals surface area (Å²) in [4.78, 5) is 18.5. The van der Waals surface area contributed by atoms with Crippen LogP contribution in [0, 0.1) is 5.92 Å². The van der Waals surface area contributed by atoms with Crippen LogP contribution in [0.2, 0.25) is 0 Å². The van der Waals surface area contributed by atoms with Crippen LogP contribution in [-0.2, 0) is 11.3 Å². The van der Waals surface area contributed by atoms with Crippen LogP contribution in [0.15, 0.2) is 18.3 Å². The third kappa shape index (κ3) is 3.33. The number of rotatable bonds is 5. The summed E-state index contributed by atoms with van der Waals surface area (Å²) < 4.78 is 0. The number of hydrogen-bond donors (Lipinski definition) is 3. The number of aromatic nitrogens is 1. The van der Waals surface area contributed by atoms with Crippen molar-refractivity contribution in [3.63, 3.8) is 0 Å². The number of carbonyl (C=O) groups excluding carboxylic acids is 1. The summed E-state index contributed by atoms with van der Waals surface area (Å²) >= 11 is 0. The lowest BCUT2D eigenvalue weighted by Crippen LogP contribution is -2.43. The predicted octanol–water partition coefficient (Wildman–Crippen LogP) is 0.409. The van der Waals surface area contributed by atoms with E-state index in [4.69, 9.17) is 0 Å². The van der Waals surface area contributed by atoms with Crippen LogP contribution in [0.1, 0.15) is 24.8 Å². The molecule has 2 aliphatic rings. The van der Waals surface area contributed by atoms with E-state index in [0.29, 0.717) is 12.6 Å². The van der Waals surface area contributed by atoms with Crippen LogP contribution < -0.4 is 21.1 Å². The van der Waals surface area contributed by atoms with Crippen LogP contribution >= 0.6 is 0 Å². The molecule has 1 saturated carbocycles. The minimum absolute atomic E-state index is 0.0548. The van der Waals surface area contributed by atoms with Gasteiger partial charge in [0, 0.05) is 38.4 Å². The van der Waals surface area contributed by atoms with Gasteiger partial charge in [0.25, 0.3) is 0 Å². The molecule has 114 valence electrons. The molecule has 2 atom stereocenters. The maximum Gasteiger partial charge on any atom is 0.238 e. The van der Waals surface area contributed by atoms with E-state index in [1.807, 2.05) is 31.1 Å². The molecule has 1 aliphatic heterocycles. The second kappa shape index (κ2) is 5.99. The van der Waals surface area contributed by atoms with Crippen LogP contribution in [0.25, 0.3) is 0 Å². The summed E-state index contributed by atoms with van der Waals surface area (Å²) in [6.45, 7) is 0.506. The molecule has 1 saturated heterocycles. The predicted molar refractivity (Wildman–Crippen MR) is 81.6 cm³/mol. The molecular weight excluding hydrogens is 266 g/mol. The summed E-state index contributed by atoms with van der Waals surface area (Å²) in [5.41, 5.74) is 7.39. The van der Waals surface area contributed by atoms with Gasteiger partial charge in [-0.1, -0.05) is 6.07 Å². The Bertz CT molecular complexity index is 515. The normalized spacial score (nSPS) is 24.9. The molecule has 21 heavy (non-hydrogen) atoms. The molecule has 2 unspecified atom stereocenters. The summed E-state index contributed by atoms with van der Waals surface area (Å²) in [7, 11) is 3.91. The van der Waals surface area contributed by atoms with Gasteiger partial charge in [0.15, 0.2) is 0 Å². The maximum absolute atomic E-state index is 12.2. The summed E-state index contributed by atoms with van der Waals surface area (Å²) in [6.07, 6.45) is 5.22. The van der Waals surface area contributed by atoms with Crippen LogP contribution in [0.4, 0.5) is 5.82 Å². The molecule has 3 N–H and O–H groups in total. The van der Waals surface area contributed by atoms with Crippen molar-refractivity contribution >= 4 is 11.7 Å². The molecule has 1 aromatic rings. The van der Waals surface area contributed by atoms with Crippen molar-refractivity contribution in [3.8, 4) is 0 Å². The SMILES string of the molecule is CN(C)c1ncccc1CNC(=O)C1CC(C2CC2)NN1. The number of nitrogens with zero attached hydrogens (tertiary/aromatic N) is 2. The van der Waals surface area contributed by atoms with Crippen molar-refractivity contribution < 1.29 is 4.79 Å². The lowest BCUT2D eigenvalue weighted by atomic mass is 10.1. The van der Waals surface area contributed by atoms with E-state index in [2.05, 4.69) is 21.2 Å². The Morgan fingerprint density at radius 1 is 1.43 bits per heavy atom. The summed E-state index contributed by atoms with van der Waals surface area (Å²) in [5.74, 6) is 1.71. The van der Waals surface area contributed by atoms with E-state index in [1.165, 1.54) is 12.8 Å². The molecule has 1 amide bonds. The number of nitrogens with one attached hydrogen (secondary N) is 3. The van der Waals surface area contributed by atoms with Crippen molar-refractivity contribution in [1.29, 1.82) is 0 Å². The van der Waals surface area contributed by atoms with Gasteiger partial charge in [-0.25, -0.2) is 10.4 Å². The van der Waals surface area contributed by atoms with Gasteiger partial charge in [0.1, 0.15) is 11.9 Å². The number of amides is 1. The van der Waals surface area contributed by atoms with E-state index < -0.39 is 0 Å². The average Bonchev–Trinajstić information content (AvgIpc) is 3.22. The Morgan fingerprint density at radius 2 is 2.24 bits per heavy atom. The minimum Gasteiger partial charge on any atom is -0.362 e. The first-order valence-electron chi connectivity index (χ1n) is 7.55. The molecule has 0 spiro atoms. The molecule has 0 aromatic carbocycles. The smallest absolute Gasteiger partial charge is 0.238 e. The number of pyridine rings is 1. The van der Waals surface area contributed by atoms with Crippen molar-refractivity contribution in [2.75, 3.05) is 19.0 Å². The molecule has 6 heteroatoms. The molecule has 2 fully saturated rings. The maximum atomic E-state index is 12.2. The average molecular weight is 289 g/mol. The standard InChI is InChI=1S/C15H23N5O/c1-20(2)14-11(4-3-7-16-14)9-17-15(21)13-8-12(18-19-13)10-5-6-10/h3-4,7,10,12-13,18-19H,5-6,8-9H2,1-2H3,(H,17,21). The van der Waals surface area contributed by atoms with Gasteiger partial charge in [-0.15, -0.1) is 0 Å². The van der Waals surface area contributed by atoms with Crippen LogP contribution in [-0.4, -0.2) is 37.1 Å². The minimum atomic E-state index is -0.130. The van der Waals surface area contributed by atoms with Crippen LogP contribution in [0.5, 0.6) is 0 Å². The Kier molecular flexibility index (Phi) is 4.07. The van der Waals surface area contributed by atoms with E-state index in [9.17, 15) is 4.79 Å². The van der Waals surface area contributed by atoms with E-state index in [0.717, 1.165) is 23.7 Å². The van der Waals surface area contributed by atoms with E-state index >= 15 is 0 Å². The van der Waals surface area contributed by atoms with Gasteiger partial charge >= 0.3 is 0 Å². The van der Waals surface area contributed by atoms with Gasteiger partial charge in [-0.05, 0) is 31.2 Å². The topological polar surface area (TPSA) is 69.3 Å². The molecule has 6 nitrogen and oxygen atoms in total. The highest BCUT2D eigenvalue weighted by atomic mass is 16.2. The Balaban J connectivity index is 1.54. The highest BCUT2D eigenvalue weighted by Crippen LogP contribution is 2.35. The first-order valence-corrected chi connectivity index (χ1v) is 7.55. The van der Waals surface area contributed by atoms with Crippen molar-refractivity contribution in [2.45, 2.75) is 37.9 Å². The number of anilines is 1. The Labute approximate surface area is 125 Å². The zero-order valence-electron chi connectivity index (χ0n) is 12.6. The molecule has 0 bridgehead atoms. The fraction of sp³-hybridized carbons (Fsp3) is 0.600. The Hall–Kier alpha value is -1.66. The molecular formula is C15H23N5O. The van der Waals surface area contributed by atoms with Gasteiger partial charge < -0.3 is 10.2 Å². The second-order valence-corrected chi connectivity index (χ2v) is 6.12. The van der Waals surface area contributed by atoms with E-state index in [-0.39, 0.29) is 11.9 Å². The lowest BCUT2D eigenvalue weighted by molar-refractivity contribution is -0.123. The van der Waals surface area contributed by atoms with E-state index in [1.54, 1.807) is 6.20 Å². The highest BCUT2D eigenvalue weighted by Gasteiger charge is 2.38. The number of hydrogen-bond acceptors (Lipinski definition) is 5. The van der Waals surface area contributed by atoms with Gasteiger partial charge in [-0.3, -0.25) is 10.2 Å². The summed E-state index contributed by atoms with van der Waals surface area (Å²) in [5, 5.41) is 3.01. The Morgan fingerprint density at radius 3 is 2.95 bits per heavy atom. The first-order chi connectivity index (χ1) is 10.1. The van der Waals surface area contributed by atoms with Gasteiger partial charge in [-0.2, -0.15) is 0 Å². The largest absolute Gasteiger partial charge is 0.362 e. The lowest BCUT2D eigenvalue weighted by Gasteiger charge is -2.17. The first kappa shape index (κ1) is 14.3. The van der Waals surface area contributed by atoms with Crippen molar-refractivity contribution in [1.82, 2.24) is 21.2 Å². The fourth-order valence-electron chi connectivity index (χ4n) is 2.84. The quantitative estimate of drug-likeness (QED) is 0.732. The zero-order chi connectivity index (χ0) is 14.8. The van der Waals surface area contributed by atoms with Crippen molar-refractivity contribution in [2.24, 2.45) is 5.92 Å². The highest BCUT2D eigenvalue weighted by molar-refractivity contribution is 5.82. The molecule has 2 heterocycles. The number of carbonyl (C=O) groups is 1. The van der Waals surface area contributed by atoms with Crippen molar-refractivity contribution in [3.05, 3.63) is 23.9 Å². The monoisotopic (exact) mass is 289 g/mol. The zero-order valence-corrected chi connectivity index (χ0v) is 12.6. The third-order valence-corrected chi connectivity index (χ3v) is 4.18. The van der Waals surface area contributed by atoms with Gasteiger partial charge in [0.2, 0.25) is 5.91 Å². The third-order valence-electron chi connectivity index (χ3n) is 4.18.